The number of halogens is 1. The fourth-order valence-electron chi connectivity index (χ4n) is 3.91. The van der Waals surface area contributed by atoms with Gasteiger partial charge in [0.2, 0.25) is 0 Å². The molecule has 0 aliphatic rings. The molecule has 0 aliphatic carbocycles. The van der Waals surface area contributed by atoms with E-state index in [0.29, 0.717) is 0 Å². The molecule has 0 atom stereocenters. The molecule has 1 heteroatoms. The molecule has 0 N–H and O–H groups in total. The van der Waals surface area contributed by atoms with Crippen molar-refractivity contribution >= 4 is 33.1 Å². The van der Waals surface area contributed by atoms with Gasteiger partial charge in [0.15, 0.2) is 0 Å². The third-order valence-electron chi connectivity index (χ3n) is 5.17. The van der Waals surface area contributed by atoms with Gasteiger partial charge in [-0.1, -0.05) is 109 Å². The Morgan fingerprint density at radius 2 is 0.963 bits per heavy atom. The maximum absolute atomic E-state index is 6.51. The summed E-state index contributed by atoms with van der Waals surface area (Å²) in [7, 11) is 0. The zero-order valence-electron chi connectivity index (χ0n) is 14.7. The highest BCUT2D eigenvalue weighted by Gasteiger charge is 2.12. The molecule has 0 amide bonds. The Morgan fingerprint density at radius 1 is 0.370 bits per heavy atom. The predicted octanol–water partition coefficient (Wildman–Crippen LogP) is 7.98. The van der Waals surface area contributed by atoms with Crippen molar-refractivity contribution in [3.05, 3.63) is 108 Å². The van der Waals surface area contributed by atoms with Crippen molar-refractivity contribution in [1.29, 1.82) is 0 Å². The van der Waals surface area contributed by atoms with Crippen molar-refractivity contribution in [3.63, 3.8) is 0 Å². The van der Waals surface area contributed by atoms with Crippen LogP contribution in [0, 0.1) is 0 Å². The summed E-state index contributed by atoms with van der Waals surface area (Å²) in [5, 5.41) is 5.86. The number of rotatable bonds is 2. The summed E-state index contributed by atoms with van der Waals surface area (Å²) in [6.07, 6.45) is 0. The highest BCUT2D eigenvalue weighted by molar-refractivity contribution is 6.33. The lowest BCUT2D eigenvalue weighted by molar-refractivity contribution is 1.60. The van der Waals surface area contributed by atoms with Crippen LogP contribution in [-0.4, -0.2) is 0 Å². The van der Waals surface area contributed by atoms with E-state index in [-0.39, 0.29) is 0 Å². The van der Waals surface area contributed by atoms with Crippen LogP contribution in [0.15, 0.2) is 103 Å². The van der Waals surface area contributed by atoms with Gasteiger partial charge in [0, 0.05) is 10.6 Å². The second-order valence-electron chi connectivity index (χ2n) is 6.71. The van der Waals surface area contributed by atoms with Crippen LogP contribution >= 0.6 is 11.6 Å². The van der Waals surface area contributed by atoms with E-state index in [1.165, 1.54) is 32.7 Å². The molecule has 0 radical (unpaired) electrons. The molecule has 0 aliphatic heterocycles. The first-order valence-electron chi connectivity index (χ1n) is 9.08. The van der Waals surface area contributed by atoms with Crippen molar-refractivity contribution in [3.8, 4) is 22.3 Å². The van der Waals surface area contributed by atoms with Gasteiger partial charge in [-0.3, -0.25) is 0 Å². The maximum atomic E-state index is 6.51. The van der Waals surface area contributed by atoms with Crippen LogP contribution in [0.4, 0.5) is 0 Å². The third-order valence-corrected chi connectivity index (χ3v) is 5.50. The minimum absolute atomic E-state index is 0.774. The minimum Gasteiger partial charge on any atom is -0.0837 e. The van der Waals surface area contributed by atoms with E-state index in [1.807, 2.05) is 18.2 Å². The molecule has 0 saturated carbocycles. The van der Waals surface area contributed by atoms with Crippen LogP contribution in [0.3, 0.4) is 0 Å². The van der Waals surface area contributed by atoms with Crippen LogP contribution in [-0.2, 0) is 0 Å². The summed E-state index contributed by atoms with van der Waals surface area (Å²) in [6.45, 7) is 0. The van der Waals surface area contributed by atoms with Crippen molar-refractivity contribution in [2.45, 2.75) is 0 Å². The average Bonchev–Trinajstić information content (AvgIpc) is 2.73. The van der Waals surface area contributed by atoms with E-state index in [1.54, 1.807) is 0 Å². The highest BCUT2D eigenvalue weighted by Crippen LogP contribution is 2.39. The SMILES string of the molecule is Clc1ccccc1-c1ccccc1-c1cccc2c1ccc1ccccc12. The van der Waals surface area contributed by atoms with Gasteiger partial charge in [-0.05, 0) is 44.3 Å². The minimum atomic E-state index is 0.774. The van der Waals surface area contributed by atoms with Gasteiger partial charge in [-0.2, -0.15) is 0 Å². The Kier molecular flexibility index (Phi) is 3.92. The Morgan fingerprint density at radius 3 is 1.78 bits per heavy atom. The van der Waals surface area contributed by atoms with Gasteiger partial charge in [0.25, 0.3) is 0 Å². The van der Waals surface area contributed by atoms with E-state index >= 15 is 0 Å². The van der Waals surface area contributed by atoms with Gasteiger partial charge in [-0.15, -0.1) is 0 Å². The van der Waals surface area contributed by atoms with Gasteiger partial charge in [0.1, 0.15) is 0 Å². The molecule has 128 valence electrons. The Bertz CT molecular complexity index is 1280. The lowest BCUT2D eigenvalue weighted by Crippen LogP contribution is -1.88. The van der Waals surface area contributed by atoms with E-state index in [4.69, 9.17) is 11.6 Å². The van der Waals surface area contributed by atoms with Crippen LogP contribution in [0.5, 0.6) is 0 Å². The fraction of sp³-hybridized carbons (Fsp3) is 0. The summed E-state index contributed by atoms with van der Waals surface area (Å²) in [5.74, 6) is 0. The second kappa shape index (κ2) is 6.57. The average molecular weight is 365 g/mol. The lowest BCUT2D eigenvalue weighted by Gasteiger charge is -2.14. The van der Waals surface area contributed by atoms with Crippen molar-refractivity contribution in [1.82, 2.24) is 0 Å². The predicted molar refractivity (Wildman–Crippen MR) is 117 cm³/mol. The third kappa shape index (κ3) is 2.70. The van der Waals surface area contributed by atoms with Crippen molar-refractivity contribution in [2.75, 3.05) is 0 Å². The molecule has 0 heterocycles. The Balaban J connectivity index is 1.83. The number of hydrogen-bond donors (Lipinski definition) is 0. The van der Waals surface area contributed by atoms with Crippen LogP contribution in [0.2, 0.25) is 5.02 Å². The molecular formula is C26H17Cl. The zero-order valence-corrected chi connectivity index (χ0v) is 15.4. The van der Waals surface area contributed by atoms with Gasteiger partial charge in [0.05, 0.1) is 0 Å². The summed E-state index contributed by atoms with van der Waals surface area (Å²) in [6, 6.07) is 36.1. The van der Waals surface area contributed by atoms with Gasteiger partial charge < -0.3 is 0 Å². The maximum Gasteiger partial charge on any atom is 0.0484 e. The second-order valence-corrected chi connectivity index (χ2v) is 7.12. The molecule has 0 bridgehead atoms. The first kappa shape index (κ1) is 16.1. The van der Waals surface area contributed by atoms with Crippen LogP contribution in [0.25, 0.3) is 43.8 Å². The molecule has 0 spiro atoms. The standard InChI is InChI=1S/C26H17Cl/c27-26-15-6-5-12-25(26)23-11-4-3-10-21(23)22-14-7-13-20-19-9-2-1-8-18(19)16-17-24(20)22/h1-17H. The molecular weight excluding hydrogens is 348 g/mol. The van der Waals surface area contributed by atoms with Gasteiger partial charge >= 0.3 is 0 Å². The van der Waals surface area contributed by atoms with E-state index < -0.39 is 0 Å². The first-order chi connectivity index (χ1) is 13.3. The fourth-order valence-corrected chi connectivity index (χ4v) is 4.15. The van der Waals surface area contributed by atoms with Crippen LogP contribution in [0.1, 0.15) is 0 Å². The van der Waals surface area contributed by atoms with E-state index in [9.17, 15) is 0 Å². The molecule has 5 aromatic rings. The summed E-state index contributed by atoms with van der Waals surface area (Å²) < 4.78 is 0. The quantitative estimate of drug-likeness (QED) is 0.278. The Hall–Kier alpha value is -3.09. The number of benzene rings is 5. The highest BCUT2D eigenvalue weighted by atomic mass is 35.5. The Labute approximate surface area is 163 Å². The molecule has 5 aromatic carbocycles. The van der Waals surface area contributed by atoms with Crippen molar-refractivity contribution in [2.24, 2.45) is 0 Å². The molecule has 27 heavy (non-hydrogen) atoms. The summed E-state index contributed by atoms with van der Waals surface area (Å²) in [4.78, 5) is 0. The smallest absolute Gasteiger partial charge is 0.0484 e. The molecule has 0 fully saturated rings. The first-order valence-corrected chi connectivity index (χ1v) is 9.45. The van der Waals surface area contributed by atoms with E-state index in [2.05, 4.69) is 84.9 Å². The number of fused-ring (bicyclic) bond motifs is 3. The molecule has 5 rings (SSSR count). The number of hydrogen-bond acceptors (Lipinski definition) is 0. The van der Waals surface area contributed by atoms with Crippen LogP contribution < -0.4 is 0 Å². The van der Waals surface area contributed by atoms with Crippen molar-refractivity contribution < 1.29 is 0 Å². The summed E-state index contributed by atoms with van der Waals surface area (Å²) >= 11 is 6.51. The molecule has 0 nitrogen and oxygen atoms in total. The largest absolute Gasteiger partial charge is 0.0837 e. The molecule has 0 aromatic heterocycles. The van der Waals surface area contributed by atoms with Gasteiger partial charge in [-0.25, -0.2) is 0 Å². The normalized spacial score (nSPS) is 11.1. The molecule has 0 saturated heterocycles. The topological polar surface area (TPSA) is 0 Å². The zero-order chi connectivity index (χ0) is 18.2. The lowest BCUT2D eigenvalue weighted by atomic mass is 9.90. The monoisotopic (exact) mass is 364 g/mol. The van der Waals surface area contributed by atoms with E-state index in [0.717, 1.165) is 16.1 Å². The molecule has 0 unspecified atom stereocenters. The summed E-state index contributed by atoms with van der Waals surface area (Å²) in [5.41, 5.74) is 4.65.